The van der Waals surface area contributed by atoms with Crippen LogP contribution in [0.25, 0.3) is 22.2 Å². The first-order chi connectivity index (χ1) is 19.6. The number of carbonyl (C=O) groups excluding carboxylic acids is 1. The fourth-order valence-corrected chi connectivity index (χ4v) is 6.24. The predicted molar refractivity (Wildman–Crippen MR) is 162 cm³/mol. The monoisotopic (exact) mass is 657 g/mol. The molecule has 1 N–H and O–H groups in total. The molecule has 0 saturated heterocycles. The number of nitrogens with one attached hydrogen (secondary N) is 1. The van der Waals surface area contributed by atoms with Gasteiger partial charge in [-0.15, -0.1) is 0 Å². The lowest BCUT2D eigenvalue weighted by atomic mass is 9.84. The van der Waals surface area contributed by atoms with Gasteiger partial charge in [0, 0.05) is 56.3 Å². The van der Waals surface area contributed by atoms with Gasteiger partial charge in [0.2, 0.25) is 0 Å². The molecule has 10 heteroatoms. The van der Waals surface area contributed by atoms with Crippen molar-refractivity contribution in [2.75, 3.05) is 20.3 Å². The Bertz CT molecular complexity index is 1690. The first-order valence-corrected chi connectivity index (χ1v) is 14.8. The van der Waals surface area contributed by atoms with Gasteiger partial charge < -0.3 is 14.8 Å². The van der Waals surface area contributed by atoms with Gasteiger partial charge in [-0.25, -0.2) is 9.37 Å². The second kappa shape index (κ2) is 10.7. The average molecular weight is 659 g/mol. The summed E-state index contributed by atoms with van der Waals surface area (Å²) in [6.45, 7) is 5.12. The van der Waals surface area contributed by atoms with Crippen molar-refractivity contribution in [1.29, 1.82) is 0 Å². The maximum absolute atomic E-state index is 14.2. The molecule has 1 aliphatic carbocycles. The van der Waals surface area contributed by atoms with Crippen molar-refractivity contribution in [2.24, 2.45) is 5.92 Å². The van der Waals surface area contributed by atoms with E-state index in [1.807, 2.05) is 12.1 Å². The summed E-state index contributed by atoms with van der Waals surface area (Å²) in [5.74, 6) is 0.660. The molecule has 212 valence electrons. The van der Waals surface area contributed by atoms with Crippen LogP contribution in [0.1, 0.15) is 54.2 Å². The number of fused-ring (bicyclic) bond motifs is 2. The number of halogens is 4. The van der Waals surface area contributed by atoms with Crippen molar-refractivity contribution in [3.8, 4) is 22.8 Å². The van der Waals surface area contributed by atoms with E-state index in [-0.39, 0.29) is 27.3 Å². The second-order valence-electron chi connectivity index (χ2n) is 11.3. The second-order valence-corrected chi connectivity index (χ2v) is 13.0. The van der Waals surface area contributed by atoms with Gasteiger partial charge in [-0.05, 0) is 71.1 Å². The minimum Gasteiger partial charge on any atom is -0.494 e. The van der Waals surface area contributed by atoms with Crippen molar-refractivity contribution in [3.63, 3.8) is 0 Å². The van der Waals surface area contributed by atoms with Crippen molar-refractivity contribution in [1.82, 2.24) is 15.3 Å². The quantitative estimate of drug-likeness (QED) is 0.203. The Hall–Kier alpha value is -2.94. The number of methoxy groups -OCH3 is 1. The van der Waals surface area contributed by atoms with Gasteiger partial charge in [-0.1, -0.05) is 37.0 Å². The van der Waals surface area contributed by atoms with Crippen molar-refractivity contribution < 1.29 is 18.7 Å². The molecule has 1 fully saturated rings. The average Bonchev–Trinajstić information content (AvgIpc) is 3.74. The third-order valence-corrected chi connectivity index (χ3v) is 8.79. The number of ether oxygens (including phenoxy) is 2. The molecular weight excluding hydrogens is 632 g/mol. The van der Waals surface area contributed by atoms with Crippen LogP contribution in [-0.2, 0) is 5.41 Å². The minimum atomic E-state index is -0.668. The van der Waals surface area contributed by atoms with E-state index in [1.165, 1.54) is 12.1 Å². The van der Waals surface area contributed by atoms with Gasteiger partial charge >= 0.3 is 0 Å². The standard InChI is InChI=1S/C31H27BrCl2FN3O3/c1-31(2)14-41-29-21(31)11-24(38-28(29)17-8-22(33)26(35)23(34)9-17)20(15-4-5-15)13-37-30(39)18-6-16-7-19(32)12-36-27(16)25(10-18)40-3/h6-12,15,20H,4-5,13-14H2,1-3H3,(H,37,39). The number of benzene rings is 2. The number of hydrogen-bond donors (Lipinski definition) is 1. The Morgan fingerprint density at radius 3 is 2.61 bits per heavy atom. The molecule has 2 aromatic heterocycles. The molecule has 41 heavy (non-hydrogen) atoms. The van der Waals surface area contributed by atoms with E-state index in [0.717, 1.165) is 34.0 Å². The Balaban J connectivity index is 1.35. The zero-order valence-corrected chi connectivity index (χ0v) is 25.8. The lowest BCUT2D eigenvalue weighted by Crippen LogP contribution is -2.30. The number of nitrogens with zero attached hydrogens (tertiary/aromatic N) is 2. The smallest absolute Gasteiger partial charge is 0.251 e. The zero-order chi connectivity index (χ0) is 29.1. The molecule has 3 heterocycles. The first-order valence-electron chi connectivity index (χ1n) is 13.3. The molecule has 1 atom stereocenters. The molecule has 0 spiro atoms. The van der Waals surface area contributed by atoms with Crippen molar-refractivity contribution in [2.45, 2.75) is 38.0 Å². The van der Waals surface area contributed by atoms with Crippen molar-refractivity contribution >= 4 is 55.9 Å². The summed E-state index contributed by atoms with van der Waals surface area (Å²) in [7, 11) is 1.56. The van der Waals surface area contributed by atoms with Crippen LogP contribution in [-0.4, -0.2) is 36.1 Å². The summed E-state index contributed by atoms with van der Waals surface area (Å²) in [4.78, 5) is 22.9. The summed E-state index contributed by atoms with van der Waals surface area (Å²) in [6, 6.07) is 10.6. The van der Waals surface area contributed by atoms with Gasteiger partial charge in [0.15, 0.2) is 5.82 Å². The van der Waals surface area contributed by atoms with Crippen molar-refractivity contribution in [3.05, 3.63) is 79.8 Å². The predicted octanol–water partition coefficient (Wildman–Crippen LogP) is 8.11. The highest BCUT2D eigenvalue weighted by molar-refractivity contribution is 9.10. The summed E-state index contributed by atoms with van der Waals surface area (Å²) in [5.41, 5.74) is 3.93. The van der Waals surface area contributed by atoms with Crippen LogP contribution < -0.4 is 14.8 Å². The molecule has 2 aliphatic rings. The van der Waals surface area contributed by atoms with E-state index < -0.39 is 5.82 Å². The number of rotatable bonds is 7. The SMILES string of the molecule is COc1cc(C(=O)NCC(c2cc3c(c(-c4cc(Cl)c(F)c(Cl)c4)n2)OCC3(C)C)C2CC2)cc2cc(Br)cnc12. The van der Waals surface area contributed by atoms with Crippen LogP contribution in [0.3, 0.4) is 0 Å². The van der Waals surface area contributed by atoms with E-state index in [9.17, 15) is 9.18 Å². The Morgan fingerprint density at radius 2 is 1.93 bits per heavy atom. The largest absolute Gasteiger partial charge is 0.494 e. The van der Waals surface area contributed by atoms with Crippen LogP contribution in [0.2, 0.25) is 10.0 Å². The summed E-state index contributed by atoms with van der Waals surface area (Å²) in [5, 5.41) is 3.77. The molecule has 0 radical (unpaired) electrons. The Morgan fingerprint density at radius 1 is 1.20 bits per heavy atom. The topological polar surface area (TPSA) is 73.3 Å². The number of carbonyl (C=O) groups is 1. The van der Waals surface area contributed by atoms with E-state index in [0.29, 0.717) is 52.9 Å². The van der Waals surface area contributed by atoms with Crippen LogP contribution in [0, 0.1) is 11.7 Å². The third kappa shape index (κ3) is 5.38. The highest BCUT2D eigenvalue weighted by Gasteiger charge is 2.39. The zero-order valence-electron chi connectivity index (χ0n) is 22.7. The van der Waals surface area contributed by atoms with Crippen LogP contribution >= 0.6 is 39.1 Å². The fraction of sp³-hybridized carbons (Fsp3) is 0.323. The molecule has 4 aromatic rings. The summed E-state index contributed by atoms with van der Waals surface area (Å²) in [6.07, 6.45) is 3.79. The Kier molecular flexibility index (Phi) is 7.37. The van der Waals surface area contributed by atoms with Crippen LogP contribution in [0.4, 0.5) is 4.39 Å². The van der Waals surface area contributed by atoms with E-state index >= 15 is 0 Å². The van der Waals surface area contributed by atoms with Gasteiger partial charge in [-0.3, -0.25) is 9.78 Å². The minimum absolute atomic E-state index is 0.0241. The molecule has 6 nitrogen and oxygen atoms in total. The molecule has 1 amide bonds. The summed E-state index contributed by atoms with van der Waals surface area (Å²) >= 11 is 15.8. The molecule has 1 aliphatic heterocycles. The van der Waals surface area contributed by atoms with E-state index in [2.05, 4.69) is 46.1 Å². The molecule has 0 bridgehead atoms. The van der Waals surface area contributed by atoms with Crippen LogP contribution in [0.5, 0.6) is 11.5 Å². The molecular formula is C31H27BrCl2FN3O3. The van der Waals surface area contributed by atoms with E-state index in [4.69, 9.17) is 37.7 Å². The van der Waals surface area contributed by atoms with Crippen LogP contribution in [0.15, 0.2) is 47.1 Å². The highest BCUT2D eigenvalue weighted by atomic mass is 79.9. The highest BCUT2D eigenvalue weighted by Crippen LogP contribution is 2.48. The molecule has 2 aromatic carbocycles. The lowest BCUT2D eigenvalue weighted by Gasteiger charge is -2.22. The third-order valence-electron chi connectivity index (χ3n) is 7.81. The van der Waals surface area contributed by atoms with Gasteiger partial charge in [0.05, 0.1) is 23.8 Å². The van der Waals surface area contributed by atoms with Gasteiger partial charge in [0.1, 0.15) is 22.7 Å². The Labute approximate surface area is 255 Å². The molecule has 1 unspecified atom stereocenters. The number of aromatic nitrogens is 2. The molecule has 6 rings (SSSR count). The first kappa shape index (κ1) is 28.2. The summed E-state index contributed by atoms with van der Waals surface area (Å²) < 4.78 is 26.7. The number of hydrogen-bond acceptors (Lipinski definition) is 5. The van der Waals surface area contributed by atoms with Gasteiger partial charge in [0.25, 0.3) is 5.91 Å². The van der Waals surface area contributed by atoms with E-state index in [1.54, 1.807) is 19.4 Å². The van der Waals surface area contributed by atoms with Gasteiger partial charge in [-0.2, -0.15) is 0 Å². The normalized spacial score (nSPS) is 16.3. The maximum atomic E-state index is 14.2. The fourth-order valence-electron chi connectivity index (χ4n) is 5.40. The molecule has 1 saturated carbocycles. The maximum Gasteiger partial charge on any atom is 0.251 e. The number of pyridine rings is 2. The number of amides is 1. The lowest BCUT2D eigenvalue weighted by molar-refractivity contribution is 0.0950.